The molecule has 8 nitrogen and oxygen atoms in total. The van der Waals surface area contributed by atoms with E-state index in [1.165, 1.54) is 0 Å². The number of sulfonamides is 1. The zero-order chi connectivity index (χ0) is 15.6. The Balaban J connectivity index is 2.43. The van der Waals surface area contributed by atoms with Crippen molar-refractivity contribution in [3.8, 4) is 0 Å². The highest BCUT2D eigenvalue weighted by atomic mass is 35.5. The lowest BCUT2D eigenvalue weighted by Crippen LogP contribution is -2.15. The fraction of sp³-hybridized carbons (Fsp3) is 0. The maximum atomic E-state index is 13.1. The monoisotopic (exact) mass is 332 g/mol. The molecular weight excluding hydrogens is 327 g/mol. The van der Waals surface area contributed by atoms with Gasteiger partial charge >= 0.3 is 0 Å². The van der Waals surface area contributed by atoms with Gasteiger partial charge < -0.3 is 0 Å². The molecule has 0 aliphatic rings. The second-order valence-corrected chi connectivity index (χ2v) is 5.73. The van der Waals surface area contributed by atoms with Gasteiger partial charge in [-0.25, -0.2) is 22.8 Å². The molecule has 0 atom stereocenters. The zero-order valence-electron chi connectivity index (χ0n) is 10.0. The Kier molecular flexibility index (Phi) is 4.00. The minimum Gasteiger partial charge on any atom is -0.273 e. The van der Waals surface area contributed by atoms with Crippen LogP contribution in [0, 0.1) is 15.9 Å². The number of nitrogens with one attached hydrogen (secondary N) is 1. The van der Waals surface area contributed by atoms with Crippen LogP contribution in [0.3, 0.4) is 0 Å². The molecule has 0 unspecified atom stereocenters. The Hall–Kier alpha value is -2.33. The van der Waals surface area contributed by atoms with Crippen molar-refractivity contribution >= 4 is 33.0 Å². The van der Waals surface area contributed by atoms with Gasteiger partial charge in [0.05, 0.1) is 17.3 Å². The van der Waals surface area contributed by atoms with Gasteiger partial charge in [0.15, 0.2) is 0 Å². The lowest BCUT2D eigenvalue weighted by molar-refractivity contribution is -0.383. The van der Waals surface area contributed by atoms with Crippen LogP contribution in [-0.2, 0) is 10.0 Å². The van der Waals surface area contributed by atoms with Crippen LogP contribution in [0.25, 0.3) is 0 Å². The second-order valence-electron chi connectivity index (χ2n) is 3.71. The first-order chi connectivity index (χ1) is 9.79. The summed E-state index contributed by atoms with van der Waals surface area (Å²) in [5, 5.41) is 10.6. The highest BCUT2D eigenvalue weighted by Crippen LogP contribution is 2.27. The third-order valence-corrected chi connectivity index (χ3v) is 3.82. The molecular formula is C10H6ClFN4O4S. The number of anilines is 1. The van der Waals surface area contributed by atoms with Crippen molar-refractivity contribution in [2.24, 2.45) is 0 Å². The molecule has 1 aromatic heterocycles. The highest BCUT2D eigenvalue weighted by molar-refractivity contribution is 7.92. The Labute approximate surface area is 122 Å². The van der Waals surface area contributed by atoms with E-state index in [0.29, 0.717) is 6.07 Å². The molecule has 11 heteroatoms. The lowest BCUT2D eigenvalue weighted by Gasteiger charge is -2.08. The molecule has 1 aromatic carbocycles. The van der Waals surface area contributed by atoms with Crippen LogP contribution in [0.4, 0.5) is 15.8 Å². The largest absolute Gasteiger partial charge is 0.293 e. The van der Waals surface area contributed by atoms with Crippen LogP contribution in [0.5, 0.6) is 0 Å². The summed E-state index contributed by atoms with van der Waals surface area (Å²) in [4.78, 5) is 16.6. The summed E-state index contributed by atoms with van der Waals surface area (Å²) in [5.41, 5.74) is -1.09. The molecule has 0 saturated heterocycles. The summed E-state index contributed by atoms with van der Waals surface area (Å²) in [7, 11) is -4.21. The third-order valence-electron chi connectivity index (χ3n) is 2.31. The number of rotatable bonds is 4. The van der Waals surface area contributed by atoms with Gasteiger partial charge in [-0.1, -0.05) is 0 Å². The van der Waals surface area contributed by atoms with Gasteiger partial charge in [-0.2, -0.15) is 0 Å². The zero-order valence-corrected chi connectivity index (χ0v) is 11.6. The van der Waals surface area contributed by atoms with E-state index in [1.807, 2.05) is 4.72 Å². The van der Waals surface area contributed by atoms with Crippen molar-refractivity contribution in [1.29, 1.82) is 0 Å². The van der Waals surface area contributed by atoms with Gasteiger partial charge in [0.2, 0.25) is 5.28 Å². The van der Waals surface area contributed by atoms with Gasteiger partial charge in [-0.3, -0.25) is 14.8 Å². The Morgan fingerprint density at radius 2 is 1.90 bits per heavy atom. The van der Waals surface area contributed by atoms with E-state index in [2.05, 4.69) is 9.97 Å². The fourth-order valence-electron chi connectivity index (χ4n) is 1.39. The van der Waals surface area contributed by atoms with E-state index in [0.717, 1.165) is 24.5 Å². The van der Waals surface area contributed by atoms with E-state index in [-0.39, 0.29) is 10.2 Å². The predicted octanol–water partition coefficient (Wildman–Crippen LogP) is 1.98. The van der Waals surface area contributed by atoms with Crippen LogP contribution in [0.2, 0.25) is 5.28 Å². The number of hydrogen-bond donors (Lipinski definition) is 1. The van der Waals surface area contributed by atoms with Crippen molar-refractivity contribution in [3.63, 3.8) is 0 Å². The molecule has 1 heterocycles. The quantitative estimate of drug-likeness (QED) is 0.520. The van der Waals surface area contributed by atoms with Crippen LogP contribution < -0.4 is 4.72 Å². The van der Waals surface area contributed by atoms with Crippen molar-refractivity contribution in [2.45, 2.75) is 4.90 Å². The Morgan fingerprint density at radius 3 is 2.48 bits per heavy atom. The van der Waals surface area contributed by atoms with Crippen LogP contribution in [0.1, 0.15) is 0 Å². The molecule has 0 bridgehead atoms. The van der Waals surface area contributed by atoms with Gasteiger partial charge in [0.1, 0.15) is 16.4 Å². The average Bonchev–Trinajstić information content (AvgIpc) is 2.38. The summed E-state index contributed by atoms with van der Waals surface area (Å²) >= 11 is 5.43. The van der Waals surface area contributed by atoms with Gasteiger partial charge in [-0.15, -0.1) is 0 Å². The van der Waals surface area contributed by atoms with E-state index in [9.17, 15) is 22.9 Å². The molecule has 2 aromatic rings. The van der Waals surface area contributed by atoms with E-state index >= 15 is 0 Å². The van der Waals surface area contributed by atoms with Crippen molar-refractivity contribution in [3.05, 3.63) is 51.8 Å². The number of hydrogen-bond acceptors (Lipinski definition) is 6. The smallest absolute Gasteiger partial charge is 0.273 e. The van der Waals surface area contributed by atoms with Gasteiger partial charge in [-0.05, 0) is 17.7 Å². The first-order valence-corrected chi connectivity index (χ1v) is 7.10. The standard InChI is InChI=1S/C10H6ClFN4O4S/c11-10-13-4-7(5-14-10)21(19,20)15-8-3-6(12)1-2-9(8)16(17)18/h1-5,15H. The van der Waals surface area contributed by atoms with Crippen LogP contribution >= 0.6 is 11.6 Å². The molecule has 2 rings (SSSR count). The summed E-state index contributed by atoms with van der Waals surface area (Å²) in [6, 6.07) is 2.40. The summed E-state index contributed by atoms with van der Waals surface area (Å²) in [5.74, 6) is -0.828. The SMILES string of the molecule is O=[N+]([O-])c1ccc(F)cc1NS(=O)(=O)c1cnc(Cl)nc1. The molecule has 0 aliphatic heterocycles. The molecule has 110 valence electrons. The van der Waals surface area contributed by atoms with Crippen molar-refractivity contribution < 1.29 is 17.7 Å². The molecule has 0 spiro atoms. The normalized spacial score (nSPS) is 11.1. The van der Waals surface area contributed by atoms with E-state index in [1.54, 1.807) is 0 Å². The minimum absolute atomic E-state index is 0.161. The second kappa shape index (κ2) is 5.58. The third kappa shape index (κ3) is 3.41. The topological polar surface area (TPSA) is 115 Å². The molecule has 0 aliphatic carbocycles. The molecule has 0 amide bonds. The summed E-state index contributed by atoms with van der Waals surface area (Å²) in [6.07, 6.45) is 1.84. The number of nitrogens with zero attached hydrogens (tertiary/aromatic N) is 3. The predicted molar refractivity (Wildman–Crippen MR) is 70.9 cm³/mol. The first kappa shape index (κ1) is 15.1. The summed E-state index contributed by atoms with van der Waals surface area (Å²) < 4.78 is 39.1. The number of benzene rings is 1. The number of halogens is 2. The minimum atomic E-state index is -4.21. The molecule has 0 saturated carbocycles. The molecule has 21 heavy (non-hydrogen) atoms. The molecule has 0 fully saturated rings. The fourth-order valence-corrected chi connectivity index (χ4v) is 2.44. The number of nitro groups is 1. The number of aromatic nitrogens is 2. The van der Waals surface area contributed by atoms with E-state index < -0.39 is 32.1 Å². The van der Waals surface area contributed by atoms with E-state index in [4.69, 9.17) is 11.6 Å². The Morgan fingerprint density at radius 1 is 1.29 bits per heavy atom. The molecule has 1 N–H and O–H groups in total. The highest BCUT2D eigenvalue weighted by Gasteiger charge is 2.22. The molecule has 0 radical (unpaired) electrons. The van der Waals surface area contributed by atoms with Gasteiger partial charge in [0.25, 0.3) is 15.7 Å². The summed E-state index contributed by atoms with van der Waals surface area (Å²) in [6.45, 7) is 0. The first-order valence-electron chi connectivity index (χ1n) is 5.24. The van der Waals surface area contributed by atoms with Crippen molar-refractivity contribution in [2.75, 3.05) is 4.72 Å². The Bertz CT molecular complexity index is 797. The van der Waals surface area contributed by atoms with Crippen LogP contribution in [-0.4, -0.2) is 23.3 Å². The number of nitro benzene ring substituents is 1. The average molecular weight is 333 g/mol. The van der Waals surface area contributed by atoms with Crippen molar-refractivity contribution in [1.82, 2.24) is 9.97 Å². The maximum Gasteiger partial charge on any atom is 0.293 e. The lowest BCUT2D eigenvalue weighted by atomic mass is 10.3. The maximum absolute atomic E-state index is 13.1. The van der Waals surface area contributed by atoms with Gasteiger partial charge in [0, 0.05) is 12.1 Å². The van der Waals surface area contributed by atoms with Crippen LogP contribution in [0.15, 0.2) is 35.5 Å².